The van der Waals surface area contributed by atoms with E-state index in [-0.39, 0.29) is 6.04 Å². The van der Waals surface area contributed by atoms with Crippen LogP contribution < -0.4 is 5.73 Å². The molecular formula is C13H15BrClN3. The van der Waals surface area contributed by atoms with Gasteiger partial charge in [-0.25, -0.2) is 0 Å². The standard InChI is InChI=1S/C13H15BrClN3/c1-18-8-9(7-17-18)2-5-13(16)10-3-4-11(14)12(15)6-10/h3-4,6-8,13H,2,5,16H2,1H3. The number of rotatable bonds is 4. The van der Waals surface area contributed by atoms with Crippen LogP contribution in [-0.4, -0.2) is 9.78 Å². The first-order valence-electron chi connectivity index (χ1n) is 5.74. The van der Waals surface area contributed by atoms with Crippen molar-refractivity contribution in [2.75, 3.05) is 0 Å². The van der Waals surface area contributed by atoms with E-state index in [4.69, 9.17) is 17.3 Å². The number of aromatic nitrogens is 2. The fraction of sp³-hybridized carbons (Fsp3) is 0.308. The third-order valence-corrected chi connectivity index (χ3v) is 4.11. The molecule has 0 saturated heterocycles. The van der Waals surface area contributed by atoms with Crippen LogP contribution >= 0.6 is 27.5 Å². The first-order valence-corrected chi connectivity index (χ1v) is 6.91. The van der Waals surface area contributed by atoms with Crippen LogP contribution in [0.4, 0.5) is 0 Å². The monoisotopic (exact) mass is 327 g/mol. The summed E-state index contributed by atoms with van der Waals surface area (Å²) in [4.78, 5) is 0. The van der Waals surface area contributed by atoms with Gasteiger partial charge in [0.1, 0.15) is 0 Å². The molecule has 3 nitrogen and oxygen atoms in total. The number of hydrogen-bond acceptors (Lipinski definition) is 2. The summed E-state index contributed by atoms with van der Waals surface area (Å²) in [5, 5.41) is 4.84. The van der Waals surface area contributed by atoms with E-state index in [1.165, 1.54) is 5.56 Å². The molecule has 0 spiro atoms. The Kier molecular flexibility index (Phi) is 4.43. The van der Waals surface area contributed by atoms with E-state index in [0.717, 1.165) is 22.9 Å². The SMILES string of the molecule is Cn1cc(CCC(N)c2ccc(Br)c(Cl)c2)cn1. The summed E-state index contributed by atoms with van der Waals surface area (Å²) in [5.41, 5.74) is 8.43. The maximum atomic E-state index is 6.17. The number of nitrogens with two attached hydrogens (primary N) is 1. The molecule has 96 valence electrons. The van der Waals surface area contributed by atoms with Crippen molar-refractivity contribution in [3.8, 4) is 0 Å². The van der Waals surface area contributed by atoms with Crippen LogP contribution in [0.1, 0.15) is 23.6 Å². The van der Waals surface area contributed by atoms with Gasteiger partial charge < -0.3 is 5.73 Å². The smallest absolute Gasteiger partial charge is 0.0551 e. The molecule has 0 fully saturated rings. The van der Waals surface area contributed by atoms with E-state index in [9.17, 15) is 0 Å². The second-order valence-electron chi connectivity index (χ2n) is 4.34. The fourth-order valence-corrected chi connectivity index (χ4v) is 2.27. The molecule has 18 heavy (non-hydrogen) atoms. The van der Waals surface area contributed by atoms with Crippen molar-refractivity contribution >= 4 is 27.5 Å². The summed E-state index contributed by atoms with van der Waals surface area (Å²) in [6.45, 7) is 0. The second-order valence-corrected chi connectivity index (χ2v) is 5.60. The zero-order chi connectivity index (χ0) is 13.1. The molecule has 2 rings (SSSR count). The first kappa shape index (κ1) is 13.6. The van der Waals surface area contributed by atoms with Crippen molar-refractivity contribution < 1.29 is 0 Å². The van der Waals surface area contributed by atoms with Gasteiger partial charge in [0.2, 0.25) is 0 Å². The first-order chi connectivity index (χ1) is 8.56. The van der Waals surface area contributed by atoms with Crippen LogP contribution in [0.25, 0.3) is 0 Å². The molecule has 1 aromatic carbocycles. The maximum Gasteiger partial charge on any atom is 0.0551 e. The Balaban J connectivity index is 1.99. The van der Waals surface area contributed by atoms with Crippen LogP contribution in [-0.2, 0) is 13.5 Å². The highest BCUT2D eigenvalue weighted by atomic mass is 79.9. The van der Waals surface area contributed by atoms with E-state index >= 15 is 0 Å². The summed E-state index contributed by atoms with van der Waals surface area (Å²) in [6.07, 6.45) is 5.69. The molecule has 0 radical (unpaired) electrons. The predicted molar refractivity (Wildman–Crippen MR) is 77.6 cm³/mol. The second kappa shape index (κ2) is 5.87. The average Bonchev–Trinajstić information content (AvgIpc) is 2.75. The molecule has 0 aliphatic heterocycles. The van der Waals surface area contributed by atoms with Crippen molar-refractivity contribution in [3.63, 3.8) is 0 Å². The molecule has 1 heterocycles. The normalized spacial score (nSPS) is 12.7. The van der Waals surface area contributed by atoms with E-state index in [0.29, 0.717) is 5.02 Å². The Morgan fingerprint density at radius 3 is 2.89 bits per heavy atom. The van der Waals surface area contributed by atoms with E-state index in [1.807, 2.05) is 37.6 Å². The van der Waals surface area contributed by atoms with Gasteiger partial charge in [-0.15, -0.1) is 0 Å². The average molecular weight is 329 g/mol. The summed E-state index contributed by atoms with van der Waals surface area (Å²) in [6, 6.07) is 5.85. The molecule has 0 bridgehead atoms. The largest absolute Gasteiger partial charge is 0.324 e. The van der Waals surface area contributed by atoms with Gasteiger partial charge in [0.25, 0.3) is 0 Å². The van der Waals surface area contributed by atoms with Gasteiger partial charge in [0.05, 0.1) is 11.2 Å². The molecular weight excluding hydrogens is 314 g/mol. The molecule has 2 N–H and O–H groups in total. The summed E-state index contributed by atoms with van der Waals surface area (Å²) < 4.78 is 2.70. The summed E-state index contributed by atoms with van der Waals surface area (Å²) in [5.74, 6) is 0. The Morgan fingerprint density at radius 1 is 1.50 bits per heavy atom. The summed E-state index contributed by atoms with van der Waals surface area (Å²) in [7, 11) is 1.91. The van der Waals surface area contributed by atoms with Crippen LogP contribution in [0.3, 0.4) is 0 Å². The number of benzene rings is 1. The van der Waals surface area contributed by atoms with Gasteiger partial charge in [-0.2, -0.15) is 5.10 Å². The minimum Gasteiger partial charge on any atom is -0.324 e. The number of nitrogens with zero attached hydrogens (tertiary/aromatic N) is 2. The molecule has 0 amide bonds. The number of aryl methyl sites for hydroxylation is 2. The van der Waals surface area contributed by atoms with Crippen LogP contribution in [0, 0.1) is 0 Å². The van der Waals surface area contributed by atoms with Crippen molar-refractivity contribution in [2.24, 2.45) is 12.8 Å². The molecule has 0 aliphatic carbocycles. The van der Waals surface area contributed by atoms with Gasteiger partial charge >= 0.3 is 0 Å². The molecule has 1 aromatic heterocycles. The Hall–Kier alpha value is -0.840. The Bertz CT molecular complexity index is 539. The zero-order valence-electron chi connectivity index (χ0n) is 10.1. The van der Waals surface area contributed by atoms with Crippen molar-refractivity contribution in [3.05, 3.63) is 51.2 Å². The number of halogens is 2. The van der Waals surface area contributed by atoms with Crippen LogP contribution in [0.2, 0.25) is 5.02 Å². The van der Waals surface area contributed by atoms with E-state index < -0.39 is 0 Å². The third-order valence-electron chi connectivity index (χ3n) is 2.87. The van der Waals surface area contributed by atoms with Crippen molar-refractivity contribution in [1.82, 2.24) is 9.78 Å². The van der Waals surface area contributed by atoms with E-state index in [1.54, 1.807) is 4.68 Å². The molecule has 0 aliphatic rings. The molecule has 0 saturated carbocycles. The predicted octanol–water partition coefficient (Wildman–Crippen LogP) is 3.47. The highest BCUT2D eigenvalue weighted by molar-refractivity contribution is 9.10. The minimum atomic E-state index is -0.00388. The van der Waals surface area contributed by atoms with E-state index in [2.05, 4.69) is 21.0 Å². The Morgan fingerprint density at radius 2 is 2.28 bits per heavy atom. The van der Waals surface area contributed by atoms with Gasteiger partial charge in [0.15, 0.2) is 0 Å². The molecule has 5 heteroatoms. The lowest BCUT2D eigenvalue weighted by Crippen LogP contribution is -2.11. The lowest BCUT2D eigenvalue weighted by atomic mass is 10.0. The van der Waals surface area contributed by atoms with Crippen LogP contribution in [0.15, 0.2) is 35.1 Å². The van der Waals surface area contributed by atoms with Crippen molar-refractivity contribution in [2.45, 2.75) is 18.9 Å². The minimum absolute atomic E-state index is 0.00388. The summed E-state index contributed by atoms with van der Waals surface area (Å²) >= 11 is 9.44. The van der Waals surface area contributed by atoms with Gasteiger partial charge in [-0.05, 0) is 52.0 Å². The fourth-order valence-electron chi connectivity index (χ4n) is 1.83. The van der Waals surface area contributed by atoms with Gasteiger partial charge in [-0.1, -0.05) is 17.7 Å². The van der Waals surface area contributed by atoms with Crippen molar-refractivity contribution in [1.29, 1.82) is 0 Å². The molecule has 2 aromatic rings. The number of hydrogen-bond donors (Lipinski definition) is 1. The maximum absolute atomic E-state index is 6.17. The molecule has 1 atom stereocenters. The van der Waals surface area contributed by atoms with Gasteiger partial charge in [-0.3, -0.25) is 4.68 Å². The quantitative estimate of drug-likeness (QED) is 0.934. The topological polar surface area (TPSA) is 43.8 Å². The highest BCUT2D eigenvalue weighted by Gasteiger charge is 2.09. The molecule has 1 unspecified atom stereocenters. The lowest BCUT2D eigenvalue weighted by molar-refractivity contribution is 0.651. The lowest BCUT2D eigenvalue weighted by Gasteiger charge is -2.12. The zero-order valence-corrected chi connectivity index (χ0v) is 12.4. The Labute approximate surface area is 120 Å². The third kappa shape index (κ3) is 3.34. The highest BCUT2D eigenvalue weighted by Crippen LogP contribution is 2.26. The van der Waals surface area contributed by atoms with Crippen LogP contribution in [0.5, 0.6) is 0 Å². The van der Waals surface area contributed by atoms with Gasteiger partial charge in [0, 0.05) is 23.8 Å².